The van der Waals surface area contributed by atoms with Crippen LogP contribution in [0, 0.1) is 0 Å². The van der Waals surface area contributed by atoms with Gasteiger partial charge in [0.05, 0.1) is 18.8 Å². The van der Waals surface area contributed by atoms with Gasteiger partial charge < -0.3 is 4.74 Å². The minimum atomic E-state index is -0.258. The molecule has 4 heteroatoms. The van der Waals surface area contributed by atoms with Crippen molar-refractivity contribution >= 4 is 17.4 Å². The first kappa shape index (κ1) is 12.1. The number of ether oxygens (including phenoxy) is 1. The molecule has 2 aliphatic rings. The Kier molecular flexibility index (Phi) is 2.42. The molecular weight excluding hydrogens is 266 g/mol. The van der Waals surface area contributed by atoms with Crippen LogP contribution in [0.1, 0.15) is 38.7 Å². The molecule has 4 nitrogen and oxygen atoms in total. The fraction of sp³-hybridized carbons (Fsp3) is 0.176. The van der Waals surface area contributed by atoms with Gasteiger partial charge in [0.15, 0.2) is 5.78 Å². The Morgan fingerprint density at radius 3 is 2.62 bits per heavy atom. The van der Waals surface area contributed by atoms with Crippen LogP contribution >= 0.6 is 0 Å². The quantitative estimate of drug-likeness (QED) is 0.806. The van der Waals surface area contributed by atoms with Crippen molar-refractivity contribution < 1.29 is 14.3 Å². The number of anilines is 1. The van der Waals surface area contributed by atoms with Crippen LogP contribution in [0.25, 0.3) is 0 Å². The first-order valence-corrected chi connectivity index (χ1v) is 6.85. The van der Waals surface area contributed by atoms with Gasteiger partial charge in [0.2, 0.25) is 0 Å². The van der Waals surface area contributed by atoms with E-state index in [1.165, 1.54) is 0 Å². The lowest BCUT2D eigenvalue weighted by Crippen LogP contribution is -2.34. The first-order chi connectivity index (χ1) is 10.2. The van der Waals surface area contributed by atoms with Crippen LogP contribution in [0.3, 0.4) is 0 Å². The topological polar surface area (TPSA) is 46.6 Å². The highest BCUT2D eigenvalue weighted by Crippen LogP contribution is 2.47. The number of Topliss-reactive ketones (excluding diaryl/α,β-unsaturated/α-hetero) is 1. The van der Waals surface area contributed by atoms with Crippen LogP contribution < -0.4 is 9.64 Å². The zero-order valence-electron chi connectivity index (χ0n) is 11.5. The van der Waals surface area contributed by atoms with E-state index in [2.05, 4.69) is 0 Å². The van der Waals surface area contributed by atoms with Crippen molar-refractivity contribution in [1.82, 2.24) is 0 Å². The monoisotopic (exact) mass is 279 g/mol. The van der Waals surface area contributed by atoms with Crippen LogP contribution in [0.4, 0.5) is 5.69 Å². The fourth-order valence-corrected chi connectivity index (χ4v) is 3.33. The minimum absolute atomic E-state index is 0.0612. The number of para-hydroxylation sites is 1. The lowest BCUT2D eigenvalue weighted by molar-refractivity contribution is 0.0946. The second kappa shape index (κ2) is 4.19. The molecule has 0 fully saturated rings. The Morgan fingerprint density at radius 2 is 1.81 bits per heavy atom. The van der Waals surface area contributed by atoms with Gasteiger partial charge in [-0.2, -0.15) is 0 Å². The maximum atomic E-state index is 12.7. The van der Waals surface area contributed by atoms with Gasteiger partial charge in [-0.3, -0.25) is 14.5 Å². The van der Waals surface area contributed by atoms with E-state index in [1.54, 1.807) is 24.1 Å². The second-order valence-corrected chi connectivity index (χ2v) is 5.26. The van der Waals surface area contributed by atoms with Crippen LogP contribution in [-0.2, 0) is 0 Å². The van der Waals surface area contributed by atoms with Crippen molar-refractivity contribution in [1.29, 1.82) is 0 Å². The summed E-state index contributed by atoms with van der Waals surface area (Å²) in [6.07, 6.45) is 0.302. The normalized spacial score (nSPS) is 19.1. The predicted octanol–water partition coefficient (Wildman–Crippen LogP) is 2.98. The molecule has 0 aliphatic carbocycles. The number of nitrogens with zero attached hydrogens (tertiary/aromatic N) is 1. The average Bonchev–Trinajstić information content (AvgIpc) is 2.81. The highest BCUT2D eigenvalue weighted by atomic mass is 16.5. The van der Waals surface area contributed by atoms with Crippen LogP contribution in [0.2, 0.25) is 0 Å². The minimum Gasteiger partial charge on any atom is -0.496 e. The van der Waals surface area contributed by atoms with Crippen molar-refractivity contribution in [3.63, 3.8) is 0 Å². The van der Waals surface area contributed by atoms with Crippen molar-refractivity contribution in [2.45, 2.75) is 12.5 Å². The van der Waals surface area contributed by atoms with E-state index < -0.39 is 0 Å². The van der Waals surface area contributed by atoms with Gasteiger partial charge in [0.1, 0.15) is 5.75 Å². The SMILES string of the molecule is COc1cccc2c1C1CC(=O)c3ccccc3N1C2=O. The van der Waals surface area contributed by atoms with E-state index in [1.807, 2.05) is 30.3 Å². The van der Waals surface area contributed by atoms with Crippen molar-refractivity contribution in [2.24, 2.45) is 0 Å². The fourth-order valence-electron chi connectivity index (χ4n) is 3.33. The van der Waals surface area contributed by atoms with Gasteiger partial charge in [0, 0.05) is 23.1 Å². The number of carbonyl (C=O) groups is 2. The van der Waals surface area contributed by atoms with E-state index in [0.29, 0.717) is 29.0 Å². The maximum absolute atomic E-state index is 12.7. The molecular formula is C17H13NO3. The van der Waals surface area contributed by atoms with E-state index >= 15 is 0 Å². The smallest absolute Gasteiger partial charge is 0.259 e. The molecule has 0 spiro atoms. The molecule has 2 heterocycles. The molecule has 2 aliphatic heterocycles. The van der Waals surface area contributed by atoms with E-state index in [-0.39, 0.29) is 17.7 Å². The van der Waals surface area contributed by atoms with Gasteiger partial charge in [-0.15, -0.1) is 0 Å². The number of benzene rings is 2. The molecule has 0 saturated carbocycles. The Bertz CT molecular complexity index is 781. The van der Waals surface area contributed by atoms with Gasteiger partial charge in [-0.05, 0) is 24.3 Å². The highest BCUT2D eigenvalue weighted by molar-refractivity contribution is 6.17. The average molecular weight is 279 g/mol. The van der Waals surface area contributed by atoms with E-state index in [0.717, 1.165) is 5.56 Å². The Balaban J connectivity index is 1.97. The van der Waals surface area contributed by atoms with Crippen molar-refractivity contribution in [3.8, 4) is 5.75 Å². The number of carbonyl (C=O) groups excluding carboxylic acids is 2. The van der Waals surface area contributed by atoms with Gasteiger partial charge in [-0.25, -0.2) is 0 Å². The summed E-state index contributed by atoms with van der Waals surface area (Å²) < 4.78 is 5.39. The maximum Gasteiger partial charge on any atom is 0.259 e. The number of rotatable bonds is 1. The summed E-state index contributed by atoms with van der Waals surface area (Å²) in [6.45, 7) is 0. The third kappa shape index (κ3) is 1.50. The van der Waals surface area contributed by atoms with E-state index in [4.69, 9.17) is 4.74 Å². The molecule has 0 bridgehead atoms. The summed E-state index contributed by atoms with van der Waals surface area (Å²) in [5.74, 6) is 0.674. The zero-order valence-corrected chi connectivity index (χ0v) is 11.5. The molecule has 0 radical (unpaired) electrons. The number of methoxy groups -OCH3 is 1. The van der Waals surface area contributed by atoms with Crippen molar-refractivity contribution in [3.05, 3.63) is 59.2 Å². The Labute approximate surface area is 121 Å². The molecule has 104 valence electrons. The van der Waals surface area contributed by atoms with Gasteiger partial charge in [0.25, 0.3) is 5.91 Å². The lowest BCUT2D eigenvalue weighted by atomic mass is 9.92. The van der Waals surface area contributed by atoms with Crippen LogP contribution in [0.5, 0.6) is 5.75 Å². The largest absolute Gasteiger partial charge is 0.496 e. The highest BCUT2D eigenvalue weighted by Gasteiger charge is 2.44. The molecule has 4 rings (SSSR count). The molecule has 0 aromatic heterocycles. The third-order valence-electron chi connectivity index (χ3n) is 4.22. The number of fused-ring (bicyclic) bond motifs is 5. The Morgan fingerprint density at radius 1 is 1.05 bits per heavy atom. The predicted molar refractivity (Wildman–Crippen MR) is 77.9 cm³/mol. The summed E-state index contributed by atoms with van der Waals surface area (Å²) >= 11 is 0. The molecule has 2 aromatic carbocycles. The van der Waals surface area contributed by atoms with Crippen LogP contribution in [-0.4, -0.2) is 18.8 Å². The standard InChI is InChI=1S/C17H13NO3/c1-21-15-8-4-6-11-16(15)13-9-14(19)10-5-2-3-7-12(10)18(13)17(11)20/h2-8,13H,9H2,1H3. The molecule has 0 saturated heterocycles. The second-order valence-electron chi connectivity index (χ2n) is 5.26. The van der Waals surface area contributed by atoms with Crippen LogP contribution in [0.15, 0.2) is 42.5 Å². The summed E-state index contributed by atoms with van der Waals surface area (Å²) in [4.78, 5) is 26.8. The molecule has 0 N–H and O–H groups in total. The molecule has 21 heavy (non-hydrogen) atoms. The zero-order chi connectivity index (χ0) is 14.6. The molecule has 1 amide bonds. The number of ketones is 1. The Hall–Kier alpha value is -2.62. The molecule has 2 aromatic rings. The summed E-state index contributed by atoms with van der Waals surface area (Å²) in [7, 11) is 1.58. The van der Waals surface area contributed by atoms with Gasteiger partial charge >= 0.3 is 0 Å². The van der Waals surface area contributed by atoms with Gasteiger partial charge in [-0.1, -0.05) is 18.2 Å². The summed E-state index contributed by atoms with van der Waals surface area (Å²) in [6, 6.07) is 12.5. The number of amides is 1. The van der Waals surface area contributed by atoms with E-state index in [9.17, 15) is 9.59 Å². The first-order valence-electron chi connectivity index (χ1n) is 6.85. The van der Waals surface area contributed by atoms with Crippen molar-refractivity contribution in [2.75, 3.05) is 12.0 Å². The molecule has 1 unspecified atom stereocenters. The number of hydrogen-bond acceptors (Lipinski definition) is 3. The third-order valence-corrected chi connectivity index (χ3v) is 4.22. The lowest BCUT2D eigenvalue weighted by Gasteiger charge is -2.31. The number of hydrogen-bond donors (Lipinski definition) is 0. The summed E-state index contributed by atoms with van der Waals surface area (Å²) in [5, 5.41) is 0. The molecule has 1 atom stereocenters. The summed E-state index contributed by atoms with van der Waals surface area (Å²) in [5.41, 5.74) is 2.77.